The number of hydrogen-bond donors (Lipinski definition) is 1. The van der Waals surface area contributed by atoms with Crippen LogP contribution < -0.4 is 10.5 Å². The first kappa shape index (κ1) is 12.6. The predicted molar refractivity (Wildman–Crippen MR) is 64.3 cm³/mol. The fraction of sp³-hybridized carbons (Fsp3) is 0.462. The zero-order chi connectivity index (χ0) is 12.0. The van der Waals surface area contributed by atoms with Crippen LogP contribution in [0.1, 0.15) is 31.7 Å². The standard InChI is InChI=1S/C13H19NO2/c1-10-6-8-12(9-7-10)16-11(2)4-3-5-13(14)15/h6-9,11H,3-5H2,1-2H3,(H2,14,15). The largest absolute Gasteiger partial charge is 0.491 e. The molecule has 1 atom stereocenters. The van der Waals surface area contributed by atoms with E-state index in [1.54, 1.807) is 0 Å². The Balaban J connectivity index is 2.31. The number of benzene rings is 1. The summed E-state index contributed by atoms with van der Waals surface area (Å²) in [6.45, 7) is 4.04. The second kappa shape index (κ2) is 6.16. The number of rotatable bonds is 6. The van der Waals surface area contributed by atoms with Gasteiger partial charge in [-0.15, -0.1) is 0 Å². The summed E-state index contributed by atoms with van der Waals surface area (Å²) < 4.78 is 5.70. The number of carbonyl (C=O) groups excluding carboxylic acids is 1. The quantitative estimate of drug-likeness (QED) is 0.802. The van der Waals surface area contributed by atoms with Gasteiger partial charge in [-0.05, 0) is 38.8 Å². The van der Waals surface area contributed by atoms with Crippen LogP contribution in [0.25, 0.3) is 0 Å². The predicted octanol–water partition coefficient (Wildman–Crippen LogP) is 2.42. The van der Waals surface area contributed by atoms with E-state index in [1.807, 2.05) is 38.1 Å². The summed E-state index contributed by atoms with van der Waals surface area (Å²) in [6.07, 6.45) is 2.17. The van der Waals surface area contributed by atoms with E-state index >= 15 is 0 Å². The van der Waals surface area contributed by atoms with Crippen molar-refractivity contribution in [3.63, 3.8) is 0 Å². The highest BCUT2D eigenvalue weighted by molar-refractivity contribution is 5.73. The highest BCUT2D eigenvalue weighted by atomic mass is 16.5. The molecule has 1 unspecified atom stereocenters. The molecule has 0 bridgehead atoms. The zero-order valence-electron chi connectivity index (χ0n) is 9.90. The Morgan fingerprint density at radius 2 is 2.00 bits per heavy atom. The van der Waals surface area contributed by atoms with Gasteiger partial charge in [0.2, 0.25) is 5.91 Å². The van der Waals surface area contributed by atoms with Crippen LogP contribution in [0.15, 0.2) is 24.3 Å². The molecule has 0 saturated heterocycles. The first-order chi connectivity index (χ1) is 7.58. The molecule has 0 aliphatic rings. The molecule has 88 valence electrons. The van der Waals surface area contributed by atoms with Crippen molar-refractivity contribution in [3.8, 4) is 5.75 Å². The molecule has 0 radical (unpaired) electrons. The van der Waals surface area contributed by atoms with Gasteiger partial charge in [0.15, 0.2) is 0 Å². The second-order valence-electron chi connectivity index (χ2n) is 4.10. The van der Waals surface area contributed by atoms with E-state index in [-0.39, 0.29) is 12.0 Å². The number of hydrogen-bond acceptors (Lipinski definition) is 2. The van der Waals surface area contributed by atoms with Gasteiger partial charge >= 0.3 is 0 Å². The molecular formula is C13H19NO2. The van der Waals surface area contributed by atoms with E-state index in [2.05, 4.69) is 0 Å². The monoisotopic (exact) mass is 221 g/mol. The molecule has 0 aromatic heterocycles. The third-order valence-corrected chi connectivity index (χ3v) is 2.39. The van der Waals surface area contributed by atoms with Crippen LogP contribution in [0.3, 0.4) is 0 Å². The number of carbonyl (C=O) groups is 1. The first-order valence-corrected chi connectivity index (χ1v) is 5.59. The minimum absolute atomic E-state index is 0.113. The van der Waals surface area contributed by atoms with Gasteiger partial charge in [0.25, 0.3) is 0 Å². The van der Waals surface area contributed by atoms with Gasteiger partial charge in [-0.2, -0.15) is 0 Å². The number of nitrogens with two attached hydrogens (primary N) is 1. The third-order valence-electron chi connectivity index (χ3n) is 2.39. The highest BCUT2D eigenvalue weighted by Crippen LogP contribution is 2.15. The molecule has 0 aliphatic heterocycles. The lowest BCUT2D eigenvalue weighted by atomic mass is 10.1. The van der Waals surface area contributed by atoms with Gasteiger partial charge in [0, 0.05) is 6.42 Å². The summed E-state index contributed by atoms with van der Waals surface area (Å²) in [4.78, 5) is 10.6. The van der Waals surface area contributed by atoms with Gasteiger partial charge in [-0.1, -0.05) is 17.7 Å². The molecule has 0 saturated carbocycles. The molecule has 3 heteroatoms. The van der Waals surface area contributed by atoms with Crippen molar-refractivity contribution >= 4 is 5.91 Å². The number of ether oxygens (including phenoxy) is 1. The molecule has 0 fully saturated rings. The normalized spacial score (nSPS) is 12.1. The SMILES string of the molecule is Cc1ccc(OC(C)CCCC(N)=O)cc1. The van der Waals surface area contributed by atoms with Crippen LogP contribution in [-0.2, 0) is 4.79 Å². The summed E-state index contributed by atoms with van der Waals surface area (Å²) in [5.41, 5.74) is 6.28. The first-order valence-electron chi connectivity index (χ1n) is 5.59. The molecule has 1 rings (SSSR count). The van der Waals surface area contributed by atoms with Crippen molar-refractivity contribution in [2.24, 2.45) is 5.73 Å². The lowest BCUT2D eigenvalue weighted by molar-refractivity contribution is -0.118. The Bertz CT molecular complexity index is 332. The lowest BCUT2D eigenvalue weighted by Crippen LogP contribution is -2.14. The average molecular weight is 221 g/mol. The van der Waals surface area contributed by atoms with Crippen LogP contribution >= 0.6 is 0 Å². The molecule has 0 heterocycles. The zero-order valence-corrected chi connectivity index (χ0v) is 9.90. The summed E-state index contributed by atoms with van der Waals surface area (Å²) in [6, 6.07) is 7.96. The third kappa shape index (κ3) is 4.82. The van der Waals surface area contributed by atoms with Gasteiger partial charge in [0.1, 0.15) is 5.75 Å². The number of aryl methyl sites for hydroxylation is 1. The summed E-state index contributed by atoms with van der Waals surface area (Å²) in [5.74, 6) is 0.625. The van der Waals surface area contributed by atoms with Gasteiger partial charge in [-0.25, -0.2) is 0 Å². The highest BCUT2D eigenvalue weighted by Gasteiger charge is 2.04. The van der Waals surface area contributed by atoms with Crippen LogP contribution in [-0.4, -0.2) is 12.0 Å². The minimum atomic E-state index is -0.248. The van der Waals surface area contributed by atoms with E-state index in [0.29, 0.717) is 6.42 Å². The average Bonchev–Trinajstić information content (AvgIpc) is 2.21. The molecule has 0 aliphatic carbocycles. The molecule has 0 spiro atoms. The maximum atomic E-state index is 10.6. The molecule has 1 aromatic carbocycles. The van der Waals surface area contributed by atoms with E-state index < -0.39 is 0 Å². The van der Waals surface area contributed by atoms with Gasteiger partial charge < -0.3 is 10.5 Å². The fourth-order valence-corrected chi connectivity index (χ4v) is 1.47. The second-order valence-corrected chi connectivity index (χ2v) is 4.10. The molecule has 1 aromatic rings. The maximum Gasteiger partial charge on any atom is 0.217 e. The summed E-state index contributed by atoms with van der Waals surface area (Å²) in [5, 5.41) is 0. The Kier molecular flexibility index (Phi) is 4.83. The van der Waals surface area contributed by atoms with Crippen molar-refractivity contribution in [1.29, 1.82) is 0 Å². The van der Waals surface area contributed by atoms with Crippen molar-refractivity contribution in [3.05, 3.63) is 29.8 Å². The Hall–Kier alpha value is -1.51. The van der Waals surface area contributed by atoms with E-state index in [1.165, 1.54) is 5.56 Å². The topological polar surface area (TPSA) is 52.3 Å². The number of primary amides is 1. The molecule has 1 amide bonds. The van der Waals surface area contributed by atoms with E-state index in [4.69, 9.17) is 10.5 Å². The Morgan fingerprint density at radius 3 is 2.56 bits per heavy atom. The smallest absolute Gasteiger partial charge is 0.217 e. The van der Waals surface area contributed by atoms with Crippen molar-refractivity contribution in [1.82, 2.24) is 0 Å². The van der Waals surface area contributed by atoms with E-state index in [9.17, 15) is 4.79 Å². The van der Waals surface area contributed by atoms with Crippen LogP contribution in [0.2, 0.25) is 0 Å². The van der Waals surface area contributed by atoms with Gasteiger partial charge in [-0.3, -0.25) is 4.79 Å². The molecule has 3 nitrogen and oxygen atoms in total. The van der Waals surface area contributed by atoms with Crippen LogP contribution in [0.4, 0.5) is 0 Å². The van der Waals surface area contributed by atoms with Crippen molar-refractivity contribution in [2.75, 3.05) is 0 Å². The molecule has 16 heavy (non-hydrogen) atoms. The molecule has 2 N–H and O–H groups in total. The van der Waals surface area contributed by atoms with Crippen LogP contribution in [0.5, 0.6) is 5.75 Å². The Labute approximate surface area is 96.6 Å². The summed E-state index contributed by atoms with van der Waals surface area (Å²) >= 11 is 0. The Morgan fingerprint density at radius 1 is 1.38 bits per heavy atom. The molecular weight excluding hydrogens is 202 g/mol. The van der Waals surface area contributed by atoms with Crippen LogP contribution in [0, 0.1) is 6.92 Å². The van der Waals surface area contributed by atoms with Crippen molar-refractivity contribution in [2.45, 2.75) is 39.2 Å². The fourth-order valence-electron chi connectivity index (χ4n) is 1.47. The van der Waals surface area contributed by atoms with Crippen molar-refractivity contribution < 1.29 is 9.53 Å². The summed E-state index contributed by atoms with van der Waals surface area (Å²) in [7, 11) is 0. The van der Waals surface area contributed by atoms with E-state index in [0.717, 1.165) is 18.6 Å². The maximum absolute atomic E-state index is 10.6. The minimum Gasteiger partial charge on any atom is -0.491 e. The number of amides is 1. The lowest BCUT2D eigenvalue weighted by Gasteiger charge is -2.14. The van der Waals surface area contributed by atoms with Gasteiger partial charge in [0.05, 0.1) is 6.10 Å².